The number of fused-ring (bicyclic) bond motifs is 1. The normalized spacial score (nSPS) is 14.4. The summed E-state index contributed by atoms with van der Waals surface area (Å²) < 4.78 is 11.9. The van der Waals surface area contributed by atoms with Crippen molar-refractivity contribution in [3.63, 3.8) is 0 Å². The van der Waals surface area contributed by atoms with E-state index in [-0.39, 0.29) is 38.0 Å². The predicted octanol–water partition coefficient (Wildman–Crippen LogP) is 3.16. The lowest BCUT2D eigenvalue weighted by Gasteiger charge is -2.22. The molecule has 32 heavy (non-hydrogen) atoms. The summed E-state index contributed by atoms with van der Waals surface area (Å²) in [6.07, 6.45) is 4.71. The van der Waals surface area contributed by atoms with Gasteiger partial charge in [0, 0.05) is 24.2 Å². The van der Waals surface area contributed by atoms with Crippen molar-refractivity contribution in [2.45, 2.75) is 52.7 Å². The fraction of sp³-hybridized carbons (Fsp3) is 0.667. The van der Waals surface area contributed by atoms with Gasteiger partial charge < -0.3 is 30.3 Å². The van der Waals surface area contributed by atoms with Crippen LogP contribution in [0.1, 0.15) is 38.8 Å². The van der Waals surface area contributed by atoms with E-state index in [1.807, 2.05) is 12.1 Å². The van der Waals surface area contributed by atoms with Crippen molar-refractivity contribution >= 4 is 24.8 Å². The van der Waals surface area contributed by atoms with Crippen molar-refractivity contribution < 1.29 is 19.7 Å². The third-order valence-electron chi connectivity index (χ3n) is 4.88. The van der Waals surface area contributed by atoms with Gasteiger partial charge in [-0.05, 0) is 49.9 Å². The van der Waals surface area contributed by atoms with Gasteiger partial charge in [-0.3, -0.25) is 0 Å². The van der Waals surface area contributed by atoms with Crippen molar-refractivity contribution in [2.75, 3.05) is 39.4 Å². The first-order valence-electron chi connectivity index (χ1n) is 11.2. The lowest BCUT2D eigenvalue weighted by Crippen LogP contribution is -2.33. The Morgan fingerprint density at radius 1 is 0.719 bits per heavy atom. The van der Waals surface area contributed by atoms with E-state index in [4.69, 9.17) is 9.47 Å². The fourth-order valence-corrected chi connectivity index (χ4v) is 3.34. The molecule has 1 aromatic carbocycles. The van der Waals surface area contributed by atoms with Gasteiger partial charge >= 0.3 is 0 Å². The SMILES string of the molecule is CC(C)CNCC(O)COc1ccc(OCC(O)CNCC(C)C)c2c1CC=CC2.Cl.Cl. The molecule has 0 amide bonds. The van der Waals surface area contributed by atoms with E-state index < -0.39 is 12.2 Å². The highest BCUT2D eigenvalue weighted by molar-refractivity contribution is 5.85. The molecule has 6 nitrogen and oxygen atoms in total. The van der Waals surface area contributed by atoms with Gasteiger partial charge in [-0.15, -0.1) is 24.8 Å². The van der Waals surface area contributed by atoms with Crippen LogP contribution >= 0.6 is 24.8 Å². The molecule has 0 bridgehead atoms. The summed E-state index contributed by atoms with van der Waals surface area (Å²) in [5, 5.41) is 26.8. The molecule has 2 unspecified atom stereocenters. The number of aliphatic hydroxyl groups is 2. The van der Waals surface area contributed by atoms with Gasteiger partial charge in [0.15, 0.2) is 0 Å². The van der Waals surface area contributed by atoms with E-state index >= 15 is 0 Å². The summed E-state index contributed by atoms with van der Waals surface area (Å²) in [7, 11) is 0. The fourth-order valence-electron chi connectivity index (χ4n) is 3.34. The topological polar surface area (TPSA) is 83.0 Å². The number of benzene rings is 1. The molecule has 0 spiro atoms. The highest BCUT2D eigenvalue weighted by Gasteiger charge is 2.18. The molecule has 1 aliphatic rings. The Bertz CT molecular complexity index is 617. The maximum absolute atomic E-state index is 10.2. The van der Waals surface area contributed by atoms with Crippen molar-refractivity contribution in [1.29, 1.82) is 0 Å². The molecule has 8 heteroatoms. The molecule has 0 aliphatic heterocycles. The number of allylic oxidation sites excluding steroid dienone is 2. The molecule has 2 rings (SSSR count). The molecule has 0 radical (unpaired) electrons. The molecular weight excluding hydrogens is 451 g/mol. The van der Waals surface area contributed by atoms with Crippen LogP contribution in [-0.4, -0.2) is 61.8 Å². The number of hydrogen-bond acceptors (Lipinski definition) is 6. The maximum atomic E-state index is 10.2. The minimum absolute atomic E-state index is 0. The summed E-state index contributed by atoms with van der Waals surface area (Å²) in [6, 6.07) is 3.82. The van der Waals surface area contributed by atoms with Crippen LogP contribution in [0.25, 0.3) is 0 Å². The highest BCUT2D eigenvalue weighted by atomic mass is 35.5. The van der Waals surface area contributed by atoms with E-state index in [0.29, 0.717) is 24.9 Å². The van der Waals surface area contributed by atoms with Crippen LogP contribution < -0.4 is 20.1 Å². The average Bonchev–Trinajstić information content (AvgIpc) is 2.70. The van der Waals surface area contributed by atoms with E-state index in [2.05, 4.69) is 50.5 Å². The number of ether oxygens (including phenoxy) is 2. The van der Waals surface area contributed by atoms with Crippen LogP contribution in [0.4, 0.5) is 0 Å². The van der Waals surface area contributed by atoms with E-state index in [1.165, 1.54) is 0 Å². The number of halogens is 2. The minimum Gasteiger partial charge on any atom is -0.491 e. The van der Waals surface area contributed by atoms with E-state index in [9.17, 15) is 10.2 Å². The zero-order chi connectivity index (χ0) is 21.9. The van der Waals surface area contributed by atoms with Gasteiger partial charge in [0.25, 0.3) is 0 Å². The van der Waals surface area contributed by atoms with Crippen LogP contribution in [0.2, 0.25) is 0 Å². The monoisotopic (exact) mass is 492 g/mol. The summed E-state index contributed by atoms with van der Waals surface area (Å²) >= 11 is 0. The van der Waals surface area contributed by atoms with Gasteiger partial charge in [-0.1, -0.05) is 39.8 Å². The first kappa shape index (κ1) is 31.0. The quantitative estimate of drug-likeness (QED) is 0.298. The maximum Gasteiger partial charge on any atom is 0.123 e. The molecule has 2 atom stereocenters. The Morgan fingerprint density at radius 3 is 1.44 bits per heavy atom. The number of hydrogen-bond donors (Lipinski definition) is 4. The molecule has 0 saturated carbocycles. The smallest absolute Gasteiger partial charge is 0.123 e. The minimum atomic E-state index is -0.553. The largest absolute Gasteiger partial charge is 0.491 e. The summed E-state index contributed by atoms with van der Waals surface area (Å²) in [5.41, 5.74) is 2.20. The number of aliphatic hydroxyl groups excluding tert-OH is 2. The molecule has 0 saturated heterocycles. The second kappa shape index (κ2) is 16.6. The summed E-state index contributed by atoms with van der Waals surface area (Å²) in [6.45, 7) is 11.9. The average molecular weight is 494 g/mol. The Labute approximate surface area is 206 Å². The molecule has 0 fully saturated rings. The van der Waals surface area contributed by atoms with Gasteiger partial charge in [-0.2, -0.15) is 0 Å². The van der Waals surface area contributed by atoms with Crippen LogP contribution in [0.15, 0.2) is 24.3 Å². The molecular formula is C24H42Cl2N2O4. The Morgan fingerprint density at radius 2 is 1.09 bits per heavy atom. The van der Waals surface area contributed by atoms with E-state index in [0.717, 1.165) is 48.6 Å². The predicted molar refractivity (Wildman–Crippen MR) is 136 cm³/mol. The van der Waals surface area contributed by atoms with Gasteiger partial charge in [0.2, 0.25) is 0 Å². The molecule has 186 valence electrons. The molecule has 0 aromatic heterocycles. The lowest BCUT2D eigenvalue weighted by atomic mass is 9.95. The lowest BCUT2D eigenvalue weighted by molar-refractivity contribution is 0.103. The standard InChI is InChI=1S/C24H40N2O4.2ClH/c1-17(2)11-25-13-19(27)15-29-23-9-10-24(22-8-6-5-7-21(22)23)30-16-20(28)14-26-12-18(3)4;;/h5-6,9-10,17-20,25-28H,7-8,11-16H2,1-4H3;2*1H. The zero-order valence-corrected chi connectivity index (χ0v) is 21.4. The number of nitrogens with one attached hydrogen (secondary N) is 2. The third kappa shape index (κ3) is 11.2. The van der Waals surface area contributed by atoms with Gasteiger partial charge in [0.1, 0.15) is 36.9 Å². The Balaban J connectivity index is 0.00000480. The zero-order valence-electron chi connectivity index (χ0n) is 19.8. The first-order valence-corrected chi connectivity index (χ1v) is 11.2. The van der Waals surface area contributed by atoms with Crippen molar-refractivity contribution in [1.82, 2.24) is 10.6 Å². The van der Waals surface area contributed by atoms with Gasteiger partial charge in [0.05, 0.1) is 0 Å². The van der Waals surface area contributed by atoms with Crippen molar-refractivity contribution in [3.05, 3.63) is 35.4 Å². The number of rotatable bonds is 14. The van der Waals surface area contributed by atoms with Crippen LogP contribution in [0, 0.1) is 11.8 Å². The molecule has 4 N–H and O–H groups in total. The van der Waals surface area contributed by atoms with Crippen LogP contribution in [0.3, 0.4) is 0 Å². The summed E-state index contributed by atoms with van der Waals surface area (Å²) in [5.74, 6) is 2.69. The van der Waals surface area contributed by atoms with Crippen molar-refractivity contribution in [2.24, 2.45) is 11.8 Å². The second-order valence-electron chi connectivity index (χ2n) is 8.93. The Kier molecular flexibility index (Phi) is 16.0. The third-order valence-corrected chi connectivity index (χ3v) is 4.88. The van der Waals surface area contributed by atoms with Gasteiger partial charge in [-0.25, -0.2) is 0 Å². The Hall–Kier alpha value is -1.02. The molecule has 1 aliphatic carbocycles. The molecule has 0 heterocycles. The summed E-state index contributed by atoms with van der Waals surface area (Å²) in [4.78, 5) is 0. The van der Waals surface area contributed by atoms with Crippen LogP contribution in [0.5, 0.6) is 11.5 Å². The van der Waals surface area contributed by atoms with Crippen molar-refractivity contribution in [3.8, 4) is 11.5 Å². The van der Waals surface area contributed by atoms with Crippen LogP contribution in [-0.2, 0) is 12.8 Å². The second-order valence-corrected chi connectivity index (χ2v) is 8.93. The first-order chi connectivity index (χ1) is 14.4. The van der Waals surface area contributed by atoms with E-state index in [1.54, 1.807) is 0 Å². The highest BCUT2D eigenvalue weighted by Crippen LogP contribution is 2.34. The molecule has 1 aromatic rings.